The predicted octanol–water partition coefficient (Wildman–Crippen LogP) is 4.82. The summed E-state index contributed by atoms with van der Waals surface area (Å²) in [6, 6.07) is 23.1. The Morgan fingerprint density at radius 1 is 0.889 bits per heavy atom. The Kier molecular flexibility index (Phi) is 8.26. The Balaban J connectivity index is 1.59. The molecule has 3 aromatic rings. The van der Waals surface area contributed by atoms with Crippen LogP contribution in [0.15, 0.2) is 72.8 Å². The molecule has 0 saturated heterocycles. The van der Waals surface area contributed by atoms with Crippen molar-refractivity contribution in [2.24, 2.45) is 0 Å². The first kappa shape index (κ1) is 25.3. The lowest BCUT2D eigenvalue weighted by Crippen LogP contribution is -2.51. The molecule has 1 aliphatic heterocycles. The van der Waals surface area contributed by atoms with Crippen LogP contribution in [0.3, 0.4) is 0 Å². The van der Waals surface area contributed by atoms with Gasteiger partial charge < -0.3 is 19.7 Å². The van der Waals surface area contributed by atoms with E-state index in [9.17, 15) is 9.59 Å². The van der Waals surface area contributed by atoms with E-state index in [1.807, 2.05) is 93.6 Å². The summed E-state index contributed by atoms with van der Waals surface area (Å²) < 4.78 is 10.9. The van der Waals surface area contributed by atoms with E-state index in [4.69, 9.17) is 9.47 Å². The van der Waals surface area contributed by atoms with Crippen LogP contribution in [-0.2, 0) is 29.0 Å². The number of fused-ring (bicyclic) bond motifs is 1. The van der Waals surface area contributed by atoms with Gasteiger partial charge in [0.2, 0.25) is 18.6 Å². The SMILES string of the molecule is Cc1ccc(CN(C(=O)CCc2ccc3c(c2)OCO3)[C@H](Cc2ccccc2)C(=O)NC(C)C)cc1. The standard InChI is InChI=1S/C30H34N2O4/c1-21(2)31-30(34)26(17-23-7-5-4-6-8-23)32(19-25-11-9-22(3)10-12-25)29(33)16-14-24-13-15-27-28(18-24)36-20-35-27/h4-13,15,18,21,26H,14,16-17,19-20H2,1-3H3,(H,31,34)/t26-/m1/s1. The summed E-state index contributed by atoms with van der Waals surface area (Å²) in [6.45, 7) is 6.48. The fourth-order valence-corrected chi connectivity index (χ4v) is 4.32. The van der Waals surface area contributed by atoms with E-state index >= 15 is 0 Å². The molecule has 1 heterocycles. The normalized spacial score (nSPS) is 12.9. The molecule has 1 aliphatic rings. The molecule has 0 aliphatic carbocycles. The molecule has 0 radical (unpaired) electrons. The fraction of sp³-hybridized carbons (Fsp3) is 0.333. The van der Waals surface area contributed by atoms with Gasteiger partial charge >= 0.3 is 0 Å². The van der Waals surface area contributed by atoms with Crippen LogP contribution in [0.2, 0.25) is 0 Å². The number of carbonyl (C=O) groups excluding carboxylic acids is 2. The molecule has 6 heteroatoms. The lowest BCUT2D eigenvalue weighted by molar-refractivity contribution is -0.141. The number of hydrogen-bond donors (Lipinski definition) is 1. The molecule has 0 aromatic heterocycles. The molecule has 4 rings (SSSR count). The molecule has 6 nitrogen and oxygen atoms in total. The van der Waals surface area contributed by atoms with Gasteiger partial charge in [-0.25, -0.2) is 0 Å². The van der Waals surface area contributed by atoms with E-state index in [0.717, 1.165) is 28.0 Å². The minimum atomic E-state index is -0.625. The Morgan fingerprint density at radius 2 is 1.58 bits per heavy atom. The summed E-state index contributed by atoms with van der Waals surface area (Å²) >= 11 is 0. The van der Waals surface area contributed by atoms with E-state index in [-0.39, 0.29) is 31.1 Å². The zero-order valence-electron chi connectivity index (χ0n) is 21.2. The maximum Gasteiger partial charge on any atom is 0.243 e. The minimum Gasteiger partial charge on any atom is -0.454 e. The minimum absolute atomic E-state index is 0.0271. The summed E-state index contributed by atoms with van der Waals surface area (Å²) in [5.41, 5.74) is 4.15. The number of benzene rings is 3. The lowest BCUT2D eigenvalue weighted by atomic mass is 10.0. The molecule has 188 valence electrons. The Hall–Kier alpha value is -3.80. The second kappa shape index (κ2) is 11.8. The molecule has 1 N–H and O–H groups in total. The van der Waals surface area contributed by atoms with Gasteiger partial charge in [-0.15, -0.1) is 0 Å². The number of nitrogens with zero attached hydrogens (tertiary/aromatic N) is 1. The fourth-order valence-electron chi connectivity index (χ4n) is 4.32. The largest absolute Gasteiger partial charge is 0.454 e. The Morgan fingerprint density at radius 3 is 2.31 bits per heavy atom. The average Bonchev–Trinajstić information content (AvgIpc) is 3.34. The quantitative estimate of drug-likeness (QED) is 0.446. The topological polar surface area (TPSA) is 67.9 Å². The number of hydrogen-bond acceptors (Lipinski definition) is 4. The van der Waals surface area contributed by atoms with Crippen molar-refractivity contribution in [3.8, 4) is 11.5 Å². The Bertz CT molecular complexity index is 1180. The molecule has 3 aromatic carbocycles. The summed E-state index contributed by atoms with van der Waals surface area (Å²) in [6.07, 6.45) is 1.27. The third-order valence-corrected chi connectivity index (χ3v) is 6.24. The van der Waals surface area contributed by atoms with E-state index in [1.54, 1.807) is 4.90 Å². The molecule has 1 atom stereocenters. The van der Waals surface area contributed by atoms with Crippen LogP contribution >= 0.6 is 0 Å². The van der Waals surface area contributed by atoms with E-state index < -0.39 is 6.04 Å². The van der Waals surface area contributed by atoms with Gasteiger partial charge in [-0.2, -0.15) is 0 Å². The second-order valence-electron chi connectivity index (χ2n) is 9.56. The molecular formula is C30H34N2O4. The van der Waals surface area contributed by atoms with Gasteiger partial charge in [-0.1, -0.05) is 66.2 Å². The smallest absolute Gasteiger partial charge is 0.243 e. The van der Waals surface area contributed by atoms with Crippen LogP contribution in [0.25, 0.3) is 0 Å². The van der Waals surface area contributed by atoms with E-state index in [2.05, 4.69) is 5.32 Å². The van der Waals surface area contributed by atoms with Crippen LogP contribution < -0.4 is 14.8 Å². The molecule has 36 heavy (non-hydrogen) atoms. The van der Waals surface area contributed by atoms with Gasteiger partial charge in [0, 0.05) is 25.4 Å². The van der Waals surface area contributed by atoms with Gasteiger partial charge in [-0.05, 0) is 56.0 Å². The zero-order chi connectivity index (χ0) is 25.5. The molecule has 0 unspecified atom stereocenters. The summed E-state index contributed by atoms with van der Waals surface area (Å²) in [5.74, 6) is 1.22. The Labute approximate surface area is 213 Å². The van der Waals surface area contributed by atoms with E-state index in [1.165, 1.54) is 0 Å². The number of aryl methyl sites for hydroxylation is 2. The number of carbonyl (C=O) groups is 2. The summed E-state index contributed by atoms with van der Waals surface area (Å²) in [5, 5.41) is 3.03. The maximum absolute atomic E-state index is 13.7. The highest BCUT2D eigenvalue weighted by atomic mass is 16.7. The number of ether oxygens (including phenoxy) is 2. The third-order valence-electron chi connectivity index (χ3n) is 6.24. The van der Waals surface area contributed by atoms with Gasteiger partial charge in [-0.3, -0.25) is 9.59 Å². The first-order chi connectivity index (χ1) is 17.4. The van der Waals surface area contributed by atoms with Crippen LogP contribution in [-0.4, -0.2) is 35.6 Å². The monoisotopic (exact) mass is 486 g/mol. The van der Waals surface area contributed by atoms with Crippen molar-refractivity contribution in [3.63, 3.8) is 0 Å². The van der Waals surface area contributed by atoms with Gasteiger partial charge in [0.15, 0.2) is 11.5 Å². The van der Waals surface area contributed by atoms with E-state index in [0.29, 0.717) is 25.1 Å². The molecule has 2 amide bonds. The molecule has 0 fully saturated rings. The number of rotatable bonds is 10. The van der Waals surface area contributed by atoms with Crippen molar-refractivity contribution in [1.82, 2.24) is 10.2 Å². The molecule has 0 saturated carbocycles. The molecular weight excluding hydrogens is 452 g/mol. The van der Waals surface area contributed by atoms with Crippen LogP contribution in [0.5, 0.6) is 11.5 Å². The maximum atomic E-state index is 13.7. The summed E-state index contributed by atoms with van der Waals surface area (Å²) in [4.78, 5) is 28.9. The highest BCUT2D eigenvalue weighted by Gasteiger charge is 2.30. The molecule has 0 bridgehead atoms. The van der Waals surface area contributed by atoms with Crippen LogP contribution in [0, 0.1) is 6.92 Å². The van der Waals surface area contributed by atoms with Gasteiger partial charge in [0.05, 0.1) is 0 Å². The number of amides is 2. The van der Waals surface area contributed by atoms with Crippen molar-refractivity contribution in [1.29, 1.82) is 0 Å². The predicted molar refractivity (Wildman–Crippen MR) is 140 cm³/mol. The highest BCUT2D eigenvalue weighted by Crippen LogP contribution is 2.33. The van der Waals surface area contributed by atoms with Crippen molar-refractivity contribution in [3.05, 3.63) is 95.1 Å². The lowest BCUT2D eigenvalue weighted by Gasteiger charge is -2.32. The molecule has 0 spiro atoms. The average molecular weight is 487 g/mol. The first-order valence-corrected chi connectivity index (χ1v) is 12.5. The first-order valence-electron chi connectivity index (χ1n) is 12.5. The summed E-state index contributed by atoms with van der Waals surface area (Å²) in [7, 11) is 0. The van der Waals surface area contributed by atoms with Crippen molar-refractivity contribution >= 4 is 11.8 Å². The van der Waals surface area contributed by atoms with Gasteiger partial charge in [0.1, 0.15) is 6.04 Å². The third kappa shape index (κ3) is 6.66. The van der Waals surface area contributed by atoms with Crippen molar-refractivity contribution < 1.29 is 19.1 Å². The number of nitrogens with one attached hydrogen (secondary N) is 1. The van der Waals surface area contributed by atoms with Crippen molar-refractivity contribution in [2.75, 3.05) is 6.79 Å². The van der Waals surface area contributed by atoms with Crippen LogP contribution in [0.4, 0.5) is 0 Å². The second-order valence-corrected chi connectivity index (χ2v) is 9.56. The van der Waals surface area contributed by atoms with Crippen molar-refractivity contribution in [2.45, 2.75) is 58.7 Å². The highest BCUT2D eigenvalue weighted by molar-refractivity contribution is 5.88. The van der Waals surface area contributed by atoms with Crippen LogP contribution in [0.1, 0.15) is 42.5 Å². The zero-order valence-corrected chi connectivity index (χ0v) is 21.2. The van der Waals surface area contributed by atoms with Gasteiger partial charge in [0.25, 0.3) is 0 Å².